The molecule has 2 aliphatic carbocycles. The van der Waals surface area contributed by atoms with Crippen molar-refractivity contribution in [3.63, 3.8) is 0 Å². The van der Waals surface area contributed by atoms with Crippen LogP contribution in [0, 0.1) is 29.1 Å². The number of nitrogens with zero attached hydrogens (tertiary/aromatic N) is 1. The number of allylic oxidation sites excluding steroid dienone is 1. The van der Waals surface area contributed by atoms with Crippen LogP contribution in [0.5, 0.6) is 0 Å². The van der Waals surface area contributed by atoms with E-state index < -0.39 is 0 Å². The molecule has 1 aromatic rings. The van der Waals surface area contributed by atoms with Gasteiger partial charge in [-0.3, -0.25) is 0 Å². The first-order valence-corrected chi connectivity index (χ1v) is 10.6. The number of hydrogen-bond donors (Lipinski definition) is 0. The van der Waals surface area contributed by atoms with Gasteiger partial charge in [-0.1, -0.05) is 37.5 Å². The predicted molar refractivity (Wildman–Crippen MR) is 105 cm³/mol. The number of unbranched alkanes of at least 4 members (excludes halogenated alkanes) is 1. The van der Waals surface area contributed by atoms with Crippen LogP contribution in [-0.2, 0) is 0 Å². The summed E-state index contributed by atoms with van der Waals surface area (Å²) in [4.78, 5) is 0. The van der Waals surface area contributed by atoms with E-state index in [1.165, 1.54) is 63.4 Å². The summed E-state index contributed by atoms with van der Waals surface area (Å²) in [6, 6.07) is 10.5. The highest BCUT2D eigenvalue weighted by atomic mass is 19.1. The fourth-order valence-corrected chi connectivity index (χ4v) is 5.29. The first-order valence-electron chi connectivity index (χ1n) is 10.6. The molecule has 26 heavy (non-hydrogen) atoms. The Hall–Kier alpha value is -1.62. The van der Waals surface area contributed by atoms with Gasteiger partial charge in [0.05, 0.1) is 18.0 Å². The molecule has 2 fully saturated rings. The van der Waals surface area contributed by atoms with Gasteiger partial charge in [-0.15, -0.1) is 0 Å². The van der Waals surface area contributed by atoms with Crippen molar-refractivity contribution in [3.05, 3.63) is 47.8 Å². The second kappa shape index (κ2) is 9.91. The van der Waals surface area contributed by atoms with Gasteiger partial charge in [0.2, 0.25) is 0 Å². The van der Waals surface area contributed by atoms with E-state index >= 15 is 0 Å². The fourth-order valence-electron chi connectivity index (χ4n) is 5.29. The minimum atomic E-state index is 0.686. The highest BCUT2D eigenvalue weighted by Gasteiger charge is 2.31. The molecule has 2 heteroatoms. The van der Waals surface area contributed by atoms with Crippen LogP contribution >= 0.6 is 0 Å². The zero-order valence-electron chi connectivity index (χ0n) is 15.9. The molecule has 2 aliphatic rings. The molecule has 2 saturated carbocycles. The molecule has 3 rings (SSSR count). The minimum absolute atomic E-state index is 0.686. The molecule has 140 valence electrons. The molecular formula is C24H32FN. The maximum absolute atomic E-state index is 12.0. The summed E-state index contributed by atoms with van der Waals surface area (Å²) in [5.74, 6) is 3.45. The fraction of sp³-hybridized carbons (Fsp3) is 0.625. The minimum Gasteiger partial charge on any atom is -0.216 e. The smallest absolute Gasteiger partial charge is 0.0991 e. The zero-order chi connectivity index (χ0) is 18.2. The summed E-state index contributed by atoms with van der Waals surface area (Å²) in [7, 11) is 0. The monoisotopic (exact) mass is 353 g/mol. The number of halogens is 1. The zero-order valence-corrected chi connectivity index (χ0v) is 15.9. The van der Waals surface area contributed by atoms with Crippen LogP contribution in [0.3, 0.4) is 0 Å². The standard InChI is InChI=1S/C24H32FN/c25-17-3-1-2-4-19-5-9-21(10-6-19)23-13-15-24(16-14-23)22-11-7-20(18-26)8-12-22/h3,7-8,11-12,17,19,21,23-24H,1-2,4-6,9-10,13-16H2. The maximum Gasteiger partial charge on any atom is 0.0991 e. The van der Waals surface area contributed by atoms with Crippen molar-refractivity contribution in [2.24, 2.45) is 17.8 Å². The lowest BCUT2D eigenvalue weighted by atomic mass is 9.68. The first kappa shape index (κ1) is 19.2. The third-order valence-electron chi connectivity index (χ3n) is 6.91. The van der Waals surface area contributed by atoms with Gasteiger partial charge in [0, 0.05) is 0 Å². The van der Waals surface area contributed by atoms with Gasteiger partial charge in [0.1, 0.15) is 0 Å². The quantitative estimate of drug-likeness (QED) is 0.492. The summed E-state index contributed by atoms with van der Waals surface area (Å²) >= 11 is 0. The Labute approximate surface area is 158 Å². The molecule has 1 aromatic carbocycles. The van der Waals surface area contributed by atoms with Crippen LogP contribution in [0.25, 0.3) is 0 Å². The lowest BCUT2D eigenvalue weighted by molar-refractivity contribution is 0.156. The van der Waals surface area contributed by atoms with E-state index in [1.54, 1.807) is 6.08 Å². The van der Waals surface area contributed by atoms with Crippen LogP contribution in [0.15, 0.2) is 36.7 Å². The molecule has 0 aliphatic heterocycles. The van der Waals surface area contributed by atoms with Crippen molar-refractivity contribution >= 4 is 0 Å². The Bertz CT molecular complexity index is 596. The van der Waals surface area contributed by atoms with Crippen LogP contribution in [-0.4, -0.2) is 0 Å². The Morgan fingerprint density at radius 3 is 2.12 bits per heavy atom. The number of nitriles is 1. The first-order chi connectivity index (χ1) is 12.8. The molecule has 0 aromatic heterocycles. The number of rotatable bonds is 6. The van der Waals surface area contributed by atoms with Gasteiger partial charge in [-0.25, -0.2) is 4.39 Å². The van der Waals surface area contributed by atoms with E-state index in [1.807, 2.05) is 12.1 Å². The lowest BCUT2D eigenvalue weighted by Gasteiger charge is -2.38. The summed E-state index contributed by atoms with van der Waals surface area (Å²) < 4.78 is 12.0. The molecule has 0 atom stereocenters. The number of benzene rings is 1. The molecule has 0 saturated heterocycles. The molecule has 0 heterocycles. The van der Waals surface area contributed by atoms with E-state index in [0.717, 1.165) is 36.2 Å². The van der Waals surface area contributed by atoms with Crippen molar-refractivity contribution in [1.82, 2.24) is 0 Å². The summed E-state index contributed by atoms with van der Waals surface area (Å²) in [6.45, 7) is 0. The van der Waals surface area contributed by atoms with E-state index in [9.17, 15) is 4.39 Å². The van der Waals surface area contributed by atoms with Crippen LogP contribution in [0.2, 0.25) is 0 Å². The largest absolute Gasteiger partial charge is 0.216 e. The predicted octanol–water partition coefficient (Wildman–Crippen LogP) is 7.29. The maximum atomic E-state index is 12.0. The SMILES string of the molecule is N#Cc1ccc(C2CCC(C3CCC(CCCC=CF)CC3)CC2)cc1. The normalized spacial score (nSPS) is 29.5. The van der Waals surface area contributed by atoms with Gasteiger partial charge in [0.25, 0.3) is 0 Å². The van der Waals surface area contributed by atoms with Gasteiger partial charge >= 0.3 is 0 Å². The summed E-state index contributed by atoms with van der Waals surface area (Å²) in [5.41, 5.74) is 2.19. The average molecular weight is 354 g/mol. The summed E-state index contributed by atoms with van der Waals surface area (Å²) in [6.07, 6.45) is 16.6. The number of hydrogen-bond acceptors (Lipinski definition) is 1. The Morgan fingerprint density at radius 1 is 0.923 bits per heavy atom. The molecule has 0 radical (unpaired) electrons. The van der Waals surface area contributed by atoms with E-state index in [-0.39, 0.29) is 0 Å². The highest BCUT2D eigenvalue weighted by molar-refractivity contribution is 5.33. The third kappa shape index (κ3) is 5.19. The third-order valence-corrected chi connectivity index (χ3v) is 6.91. The van der Waals surface area contributed by atoms with Gasteiger partial charge in [0.15, 0.2) is 0 Å². The van der Waals surface area contributed by atoms with Crippen molar-refractivity contribution < 1.29 is 4.39 Å². The van der Waals surface area contributed by atoms with Gasteiger partial charge < -0.3 is 0 Å². The Morgan fingerprint density at radius 2 is 1.54 bits per heavy atom. The van der Waals surface area contributed by atoms with Crippen LogP contribution in [0.4, 0.5) is 4.39 Å². The van der Waals surface area contributed by atoms with Crippen molar-refractivity contribution in [2.75, 3.05) is 0 Å². The molecular weight excluding hydrogens is 321 g/mol. The molecule has 0 N–H and O–H groups in total. The van der Waals surface area contributed by atoms with Gasteiger partial charge in [-0.2, -0.15) is 5.26 Å². The lowest BCUT2D eigenvalue weighted by Crippen LogP contribution is -2.25. The molecule has 1 nitrogen and oxygen atoms in total. The topological polar surface area (TPSA) is 23.8 Å². The molecule has 0 unspecified atom stereocenters. The van der Waals surface area contributed by atoms with E-state index in [0.29, 0.717) is 12.2 Å². The summed E-state index contributed by atoms with van der Waals surface area (Å²) in [5, 5.41) is 8.94. The second-order valence-corrected chi connectivity index (χ2v) is 8.42. The Kier molecular flexibility index (Phi) is 7.30. The molecule has 0 bridgehead atoms. The van der Waals surface area contributed by atoms with Crippen molar-refractivity contribution in [1.29, 1.82) is 5.26 Å². The van der Waals surface area contributed by atoms with Crippen LogP contribution in [0.1, 0.15) is 87.7 Å². The van der Waals surface area contributed by atoms with E-state index in [4.69, 9.17) is 5.26 Å². The average Bonchev–Trinajstić information content (AvgIpc) is 2.72. The highest BCUT2D eigenvalue weighted by Crippen LogP contribution is 2.44. The van der Waals surface area contributed by atoms with Gasteiger partial charge in [-0.05, 0) is 92.7 Å². The van der Waals surface area contributed by atoms with E-state index in [2.05, 4.69) is 18.2 Å². The van der Waals surface area contributed by atoms with Crippen molar-refractivity contribution in [2.45, 2.75) is 76.5 Å². The molecule has 0 amide bonds. The molecule has 0 spiro atoms. The van der Waals surface area contributed by atoms with Crippen molar-refractivity contribution in [3.8, 4) is 6.07 Å². The van der Waals surface area contributed by atoms with Crippen LogP contribution < -0.4 is 0 Å². The Balaban J connectivity index is 1.39. The second-order valence-electron chi connectivity index (χ2n) is 8.42.